The Kier molecular flexibility index (Phi) is 3.94. The Hall–Kier alpha value is -1.88. The number of halogens is 1. The summed E-state index contributed by atoms with van der Waals surface area (Å²) in [5, 5.41) is 3.12. The molecule has 0 bridgehead atoms. The van der Waals surface area contributed by atoms with E-state index < -0.39 is 0 Å². The standard InChI is InChI=1S/C12H12ClN3O2/c1-18-10-3-4-14-7-9(10)16-12(17)8-2-5-15-11(13)6-8/h2-6,9H,7H2,1H3,(H,16,17). The number of carbonyl (C=O) groups is 1. The van der Waals surface area contributed by atoms with Crippen LogP contribution in [0.2, 0.25) is 5.15 Å². The highest BCUT2D eigenvalue weighted by atomic mass is 35.5. The second kappa shape index (κ2) is 5.64. The number of rotatable bonds is 3. The number of pyridine rings is 1. The zero-order valence-corrected chi connectivity index (χ0v) is 10.5. The van der Waals surface area contributed by atoms with Gasteiger partial charge in [0.15, 0.2) is 0 Å². The van der Waals surface area contributed by atoms with Gasteiger partial charge in [-0.15, -0.1) is 0 Å². The van der Waals surface area contributed by atoms with Gasteiger partial charge in [-0.3, -0.25) is 9.79 Å². The number of allylic oxidation sites excluding steroid dienone is 1. The van der Waals surface area contributed by atoms with Crippen molar-refractivity contribution in [3.63, 3.8) is 0 Å². The highest BCUT2D eigenvalue weighted by molar-refractivity contribution is 6.29. The molecule has 0 aliphatic carbocycles. The Morgan fingerprint density at radius 2 is 2.44 bits per heavy atom. The van der Waals surface area contributed by atoms with E-state index in [2.05, 4.69) is 15.3 Å². The number of hydrogen-bond acceptors (Lipinski definition) is 4. The van der Waals surface area contributed by atoms with Crippen LogP contribution in [0.1, 0.15) is 10.4 Å². The summed E-state index contributed by atoms with van der Waals surface area (Å²) < 4.78 is 5.18. The van der Waals surface area contributed by atoms with E-state index in [1.54, 1.807) is 25.5 Å². The number of nitrogens with one attached hydrogen (secondary N) is 1. The van der Waals surface area contributed by atoms with E-state index in [1.165, 1.54) is 12.3 Å². The van der Waals surface area contributed by atoms with E-state index in [9.17, 15) is 4.79 Å². The largest absolute Gasteiger partial charge is 0.499 e. The predicted molar refractivity (Wildman–Crippen MR) is 69.0 cm³/mol. The highest BCUT2D eigenvalue weighted by Gasteiger charge is 2.20. The molecule has 0 saturated heterocycles. The second-order valence-electron chi connectivity index (χ2n) is 3.68. The molecule has 2 rings (SSSR count). The normalized spacial score (nSPS) is 18.1. The van der Waals surface area contributed by atoms with Gasteiger partial charge in [0.05, 0.1) is 13.7 Å². The Balaban J connectivity index is 2.08. The first kappa shape index (κ1) is 12.6. The van der Waals surface area contributed by atoms with Crippen LogP contribution in [-0.4, -0.2) is 36.8 Å². The number of carbonyl (C=O) groups excluding carboxylic acids is 1. The molecule has 18 heavy (non-hydrogen) atoms. The maximum atomic E-state index is 12.0. The lowest BCUT2D eigenvalue weighted by Crippen LogP contribution is -2.40. The summed E-state index contributed by atoms with van der Waals surface area (Å²) in [5.74, 6) is 0.447. The van der Waals surface area contributed by atoms with Gasteiger partial charge in [0, 0.05) is 18.0 Å². The zero-order chi connectivity index (χ0) is 13.0. The number of aliphatic imine (C=N–C) groups is 1. The monoisotopic (exact) mass is 265 g/mol. The van der Waals surface area contributed by atoms with Gasteiger partial charge in [0.2, 0.25) is 0 Å². The molecule has 1 N–H and O–H groups in total. The van der Waals surface area contributed by atoms with E-state index >= 15 is 0 Å². The van der Waals surface area contributed by atoms with E-state index in [0.717, 1.165) is 0 Å². The molecule has 1 amide bonds. The Morgan fingerprint density at radius 1 is 1.61 bits per heavy atom. The topological polar surface area (TPSA) is 63.6 Å². The van der Waals surface area contributed by atoms with Crippen LogP contribution >= 0.6 is 11.6 Å². The molecule has 5 nitrogen and oxygen atoms in total. The molecule has 1 aliphatic heterocycles. The molecular formula is C12H12ClN3O2. The summed E-state index contributed by atoms with van der Waals surface area (Å²) >= 11 is 5.74. The van der Waals surface area contributed by atoms with Gasteiger partial charge >= 0.3 is 0 Å². The van der Waals surface area contributed by atoms with Crippen molar-refractivity contribution in [2.45, 2.75) is 6.04 Å². The fourth-order valence-corrected chi connectivity index (χ4v) is 1.78. The maximum Gasteiger partial charge on any atom is 0.252 e. The number of amides is 1. The first-order valence-electron chi connectivity index (χ1n) is 5.37. The molecule has 2 heterocycles. The van der Waals surface area contributed by atoms with Gasteiger partial charge in [-0.1, -0.05) is 11.6 Å². The Morgan fingerprint density at radius 3 is 3.17 bits per heavy atom. The molecule has 1 aromatic heterocycles. The quantitative estimate of drug-likeness (QED) is 0.842. The van der Waals surface area contributed by atoms with Crippen LogP contribution in [0.15, 0.2) is 35.2 Å². The van der Waals surface area contributed by atoms with Crippen LogP contribution in [0.25, 0.3) is 0 Å². The van der Waals surface area contributed by atoms with Crippen molar-refractivity contribution in [3.05, 3.63) is 40.9 Å². The Labute approximate surface area is 110 Å². The van der Waals surface area contributed by atoms with Crippen molar-refractivity contribution >= 4 is 23.7 Å². The second-order valence-corrected chi connectivity index (χ2v) is 4.07. The molecule has 0 radical (unpaired) electrons. The molecule has 0 spiro atoms. The number of aromatic nitrogens is 1. The van der Waals surface area contributed by atoms with Gasteiger partial charge in [-0.2, -0.15) is 0 Å². The summed E-state index contributed by atoms with van der Waals surface area (Å²) in [6, 6.07) is 2.86. The minimum atomic E-state index is -0.251. The molecule has 0 fully saturated rings. The molecule has 1 unspecified atom stereocenters. The average Bonchev–Trinajstić information content (AvgIpc) is 2.39. The van der Waals surface area contributed by atoms with Gasteiger partial charge < -0.3 is 10.1 Å². The summed E-state index contributed by atoms with van der Waals surface area (Å²) in [7, 11) is 1.56. The van der Waals surface area contributed by atoms with Crippen molar-refractivity contribution in [1.82, 2.24) is 10.3 Å². The van der Waals surface area contributed by atoms with E-state index in [0.29, 0.717) is 17.9 Å². The molecule has 94 valence electrons. The number of dihydropyridines is 1. The number of methoxy groups -OCH3 is 1. The highest BCUT2D eigenvalue weighted by Crippen LogP contribution is 2.10. The van der Waals surface area contributed by atoms with Gasteiger partial charge in [-0.25, -0.2) is 4.98 Å². The first-order valence-corrected chi connectivity index (χ1v) is 5.75. The van der Waals surface area contributed by atoms with Crippen LogP contribution in [0, 0.1) is 0 Å². The number of nitrogens with zero attached hydrogens (tertiary/aromatic N) is 2. The zero-order valence-electron chi connectivity index (χ0n) is 9.76. The molecular weight excluding hydrogens is 254 g/mol. The molecule has 6 heteroatoms. The van der Waals surface area contributed by atoms with E-state index in [4.69, 9.17) is 16.3 Å². The summed E-state index contributed by atoms with van der Waals surface area (Å²) in [6.07, 6.45) is 4.88. The van der Waals surface area contributed by atoms with E-state index in [-0.39, 0.29) is 17.1 Å². The third-order valence-electron chi connectivity index (χ3n) is 2.51. The lowest BCUT2D eigenvalue weighted by molar-refractivity contribution is 0.0930. The van der Waals surface area contributed by atoms with Gasteiger partial charge in [-0.05, 0) is 18.2 Å². The number of ether oxygens (including phenoxy) is 1. The van der Waals surface area contributed by atoms with Crippen LogP contribution in [0.3, 0.4) is 0 Å². The fourth-order valence-electron chi connectivity index (χ4n) is 1.61. The fraction of sp³-hybridized carbons (Fsp3) is 0.250. The molecule has 1 atom stereocenters. The Bertz CT molecular complexity index is 514. The van der Waals surface area contributed by atoms with Crippen molar-refractivity contribution in [2.75, 3.05) is 13.7 Å². The first-order chi connectivity index (χ1) is 8.70. The van der Waals surface area contributed by atoms with Crippen LogP contribution in [0.4, 0.5) is 0 Å². The van der Waals surface area contributed by atoms with Crippen LogP contribution in [-0.2, 0) is 4.74 Å². The van der Waals surface area contributed by atoms with Crippen molar-refractivity contribution in [3.8, 4) is 0 Å². The SMILES string of the molecule is COC1=CC=NCC1NC(=O)c1ccnc(Cl)c1. The number of hydrogen-bond donors (Lipinski definition) is 1. The van der Waals surface area contributed by atoms with E-state index in [1.807, 2.05) is 0 Å². The minimum absolute atomic E-state index is 0.232. The molecule has 0 aromatic carbocycles. The van der Waals surface area contributed by atoms with Crippen LogP contribution < -0.4 is 5.32 Å². The van der Waals surface area contributed by atoms with Gasteiger partial charge in [0.1, 0.15) is 17.0 Å². The maximum absolute atomic E-state index is 12.0. The third kappa shape index (κ3) is 2.87. The minimum Gasteiger partial charge on any atom is -0.499 e. The third-order valence-corrected chi connectivity index (χ3v) is 2.71. The smallest absolute Gasteiger partial charge is 0.252 e. The molecule has 0 saturated carbocycles. The average molecular weight is 266 g/mol. The van der Waals surface area contributed by atoms with Gasteiger partial charge in [0.25, 0.3) is 5.91 Å². The summed E-state index contributed by atoms with van der Waals surface area (Å²) in [5.41, 5.74) is 0.458. The van der Waals surface area contributed by atoms with Crippen LogP contribution in [0.5, 0.6) is 0 Å². The lowest BCUT2D eigenvalue weighted by atomic mass is 10.1. The van der Waals surface area contributed by atoms with Crippen molar-refractivity contribution < 1.29 is 9.53 Å². The summed E-state index contributed by atoms with van der Waals surface area (Å²) in [6.45, 7) is 0.463. The predicted octanol–water partition coefficient (Wildman–Crippen LogP) is 1.45. The van der Waals surface area contributed by atoms with Crippen molar-refractivity contribution in [2.24, 2.45) is 4.99 Å². The molecule has 1 aliphatic rings. The summed E-state index contributed by atoms with van der Waals surface area (Å²) in [4.78, 5) is 19.9. The lowest BCUT2D eigenvalue weighted by Gasteiger charge is -2.21. The van der Waals surface area contributed by atoms with Crippen molar-refractivity contribution in [1.29, 1.82) is 0 Å². The molecule has 1 aromatic rings.